The van der Waals surface area contributed by atoms with Crippen molar-refractivity contribution in [3.63, 3.8) is 0 Å². The number of nitrogen functional groups attached to an aromatic ring is 1. The molecule has 106 valence electrons. The van der Waals surface area contributed by atoms with Crippen molar-refractivity contribution in [1.29, 1.82) is 0 Å². The van der Waals surface area contributed by atoms with Gasteiger partial charge in [-0.25, -0.2) is 4.68 Å². The molecule has 0 amide bonds. The van der Waals surface area contributed by atoms with Crippen LogP contribution in [0.1, 0.15) is 33.2 Å². The molecule has 1 aromatic carbocycles. The van der Waals surface area contributed by atoms with E-state index in [2.05, 4.69) is 29.4 Å². The van der Waals surface area contributed by atoms with Crippen molar-refractivity contribution < 1.29 is 4.74 Å². The van der Waals surface area contributed by atoms with Crippen LogP contribution in [-0.4, -0.2) is 26.8 Å². The average Bonchev–Trinajstić information content (AvgIpc) is 2.83. The zero-order valence-corrected chi connectivity index (χ0v) is 12.0. The van der Waals surface area contributed by atoms with Crippen LogP contribution < -0.4 is 10.5 Å². The number of ether oxygens (including phenoxy) is 1. The zero-order chi connectivity index (χ0) is 14.3. The summed E-state index contributed by atoms with van der Waals surface area (Å²) in [6.45, 7) is 6.94. The molecule has 0 saturated heterocycles. The van der Waals surface area contributed by atoms with E-state index in [-0.39, 0.29) is 5.41 Å². The second-order valence-corrected chi connectivity index (χ2v) is 5.81. The minimum Gasteiger partial charge on any atom is -0.493 e. The van der Waals surface area contributed by atoms with Gasteiger partial charge in [0.25, 0.3) is 0 Å². The molecule has 1 saturated carbocycles. The number of hydrogen-bond acceptors (Lipinski definition) is 5. The van der Waals surface area contributed by atoms with E-state index in [0.29, 0.717) is 24.2 Å². The normalized spacial score (nSPS) is 19.9. The van der Waals surface area contributed by atoms with Gasteiger partial charge >= 0.3 is 0 Å². The monoisotopic (exact) mass is 273 g/mol. The maximum absolute atomic E-state index is 6.11. The Morgan fingerprint density at radius 1 is 1.45 bits per heavy atom. The summed E-state index contributed by atoms with van der Waals surface area (Å²) in [6.07, 6.45) is 1.07. The number of tetrazole rings is 1. The van der Waals surface area contributed by atoms with Crippen molar-refractivity contribution in [3.8, 4) is 17.1 Å². The highest BCUT2D eigenvalue weighted by atomic mass is 16.5. The molecule has 0 bridgehead atoms. The number of anilines is 1. The van der Waals surface area contributed by atoms with Crippen LogP contribution >= 0.6 is 0 Å². The van der Waals surface area contributed by atoms with Gasteiger partial charge in [0, 0.05) is 5.69 Å². The van der Waals surface area contributed by atoms with Crippen molar-refractivity contribution in [2.45, 2.75) is 33.2 Å². The van der Waals surface area contributed by atoms with E-state index in [1.807, 2.05) is 29.8 Å². The molecule has 1 aromatic heterocycles. The second kappa shape index (κ2) is 4.47. The van der Waals surface area contributed by atoms with Crippen molar-refractivity contribution in [1.82, 2.24) is 20.2 Å². The summed E-state index contributed by atoms with van der Waals surface area (Å²) in [5.41, 5.74) is 7.76. The van der Waals surface area contributed by atoms with Crippen LogP contribution in [0.15, 0.2) is 18.2 Å². The van der Waals surface area contributed by atoms with Crippen molar-refractivity contribution >= 4 is 5.69 Å². The summed E-state index contributed by atoms with van der Waals surface area (Å²) >= 11 is 0. The highest BCUT2D eigenvalue weighted by molar-refractivity contribution is 5.77. The molecule has 1 aliphatic rings. The van der Waals surface area contributed by atoms with E-state index >= 15 is 0 Å². The Kier molecular flexibility index (Phi) is 2.88. The molecule has 2 aromatic rings. The summed E-state index contributed by atoms with van der Waals surface area (Å²) in [6, 6.07) is 5.93. The van der Waals surface area contributed by atoms with Gasteiger partial charge in [-0.05, 0) is 41.3 Å². The molecule has 1 heterocycles. The Morgan fingerprint density at radius 2 is 2.20 bits per heavy atom. The number of hydrogen-bond donors (Lipinski definition) is 1. The van der Waals surface area contributed by atoms with Gasteiger partial charge < -0.3 is 10.5 Å². The van der Waals surface area contributed by atoms with E-state index in [1.54, 1.807) is 0 Å². The fourth-order valence-corrected chi connectivity index (χ4v) is 2.49. The lowest BCUT2D eigenvalue weighted by molar-refractivity contribution is 0.341. The first-order chi connectivity index (χ1) is 9.54. The molecule has 6 nitrogen and oxygen atoms in total. The third kappa shape index (κ3) is 2.01. The molecule has 1 atom stereocenters. The van der Waals surface area contributed by atoms with E-state index in [9.17, 15) is 0 Å². The lowest BCUT2D eigenvalue weighted by Crippen LogP contribution is -2.07. The predicted octanol–water partition coefficient (Wildman–Crippen LogP) is 2.29. The van der Waals surface area contributed by atoms with E-state index in [0.717, 1.165) is 17.7 Å². The second-order valence-electron chi connectivity index (χ2n) is 5.81. The molecule has 1 fully saturated rings. The van der Waals surface area contributed by atoms with E-state index in [4.69, 9.17) is 10.5 Å². The van der Waals surface area contributed by atoms with Gasteiger partial charge in [0.05, 0.1) is 18.2 Å². The van der Waals surface area contributed by atoms with Crippen LogP contribution in [0.5, 0.6) is 5.75 Å². The summed E-state index contributed by atoms with van der Waals surface area (Å²) < 4.78 is 7.53. The lowest BCUT2D eigenvalue weighted by Gasteiger charge is -2.13. The van der Waals surface area contributed by atoms with Crippen LogP contribution in [0.25, 0.3) is 11.4 Å². The molecule has 0 radical (unpaired) electrons. The van der Waals surface area contributed by atoms with Gasteiger partial charge in [-0.15, -0.1) is 5.10 Å². The summed E-state index contributed by atoms with van der Waals surface area (Å²) in [5, 5.41) is 12.1. The molecule has 1 unspecified atom stereocenters. The topological polar surface area (TPSA) is 78.8 Å². The van der Waals surface area contributed by atoms with E-state index in [1.165, 1.54) is 0 Å². The molecular formula is C14H19N5O. The third-order valence-corrected chi connectivity index (χ3v) is 3.83. The smallest absolute Gasteiger partial charge is 0.188 e. The molecule has 2 N–H and O–H groups in total. The van der Waals surface area contributed by atoms with Gasteiger partial charge in [0.2, 0.25) is 0 Å². The summed E-state index contributed by atoms with van der Waals surface area (Å²) in [5.74, 6) is 1.41. The summed E-state index contributed by atoms with van der Waals surface area (Å²) in [7, 11) is 0. The minimum atomic E-state index is 0.236. The third-order valence-electron chi connectivity index (χ3n) is 3.83. The Morgan fingerprint density at radius 3 is 2.85 bits per heavy atom. The minimum absolute atomic E-state index is 0.236. The van der Waals surface area contributed by atoms with Gasteiger partial charge in [-0.3, -0.25) is 0 Å². The molecule has 6 heteroatoms. The molecule has 0 aliphatic heterocycles. The molecule has 0 spiro atoms. The van der Waals surface area contributed by atoms with Gasteiger partial charge in [-0.2, -0.15) is 0 Å². The van der Waals surface area contributed by atoms with Gasteiger partial charge in [-0.1, -0.05) is 19.9 Å². The van der Waals surface area contributed by atoms with Crippen LogP contribution in [0, 0.1) is 5.41 Å². The van der Waals surface area contributed by atoms with Crippen LogP contribution in [0.4, 0.5) is 5.69 Å². The standard InChI is InChI=1S/C14H19N5O/c1-4-20-10-7-5-6-9(15)12(10)13-16-17-18-19(13)11-8-14(11,2)3/h5-7,11H,4,8,15H2,1-3H3. The first-order valence-corrected chi connectivity index (χ1v) is 6.84. The Balaban J connectivity index is 2.08. The quantitative estimate of drug-likeness (QED) is 0.865. The molecule has 3 rings (SSSR count). The average molecular weight is 273 g/mol. The highest BCUT2D eigenvalue weighted by Crippen LogP contribution is 2.56. The molecule has 20 heavy (non-hydrogen) atoms. The molecule has 1 aliphatic carbocycles. The number of rotatable bonds is 4. The Bertz CT molecular complexity index is 634. The molecular weight excluding hydrogens is 254 g/mol. The van der Waals surface area contributed by atoms with Crippen molar-refractivity contribution in [2.75, 3.05) is 12.3 Å². The van der Waals surface area contributed by atoms with Gasteiger partial charge in [0.15, 0.2) is 5.82 Å². The van der Waals surface area contributed by atoms with Crippen LogP contribution in [-0.2, 0) is 0 Å². The zero-order valence-electron chi connectivity index (χ0n) is 12.0. The largest absolute Gasteiger partial charge is 0.493 e. The fraction of sp³-hybridized carbons (Fsp3) is 0.500. The first-order valence-electron chi connectivity index (χ1n) is 6.84. The Hall–Kier alpha value is -2.11. The van der Waals surface area contributed by atoms with Crippen molar-refractivity contribution in [2.24, 2.45) is 5.41 Å². The first kappa shape index (κ1) is 12.9. The maximum atomic E-state index is 6.11. The number of benzene rings is 1. The van der Waals surface area contributed by atoms with Gasteiger partial charge in [0.1, 0.15) is 5.75 Å². The van der Waals surface area contributed by atoms with E-state index < -0.39 is 0 Å². The lowest BCUT2D eigenvalue weighted by atomic mass is 10.1. The SMILES string of the molecule is CCOc1cccc(N)c1-c1nnnn1C1CC1(C)C. The highest BCUT2D eigenvalue weighted by Gasteiger charge is 2.49. The van der Waals surface area contributed by atoms with Crippen LogP contribution in [0.2, 0.25) is 0 Å². The summed E-state index contributed by atoms with van der Waals surface area (Å²) in [4.78, 5) is 0. The predicted molar refractivity (Wildman–Crippen MR) is 76.3 cm³/mol. The fourth-order valence-electron chi connectivity index (χ4n) is 2.49. The number of nitrogens with zero attached hydrogens (tertiary/aromatic N) is 4. The maximum Gasteiger partial charge on any atom is 0.188 e. The Labute approximate surface area is 117 Å². The van der Waals surface area contributed by atoms with Crippen molar-refractivity contribution in [3.05, 3.63) is 18.2 Å². The number of aromatic nitrogens is 4. The van der Waals surface area contributed by atoms with Crippen LogP contribution in [0.3, 0.4) is 0 Å². The number of nitrogens with two attached hydrogens (primary N) is 1.